The zero-order chi connectivity index (χ0) is 11.5. The second-order valence-corrected chi connectivity index (χ2v) is 4.62. The summed E-state index contributed by atoms with van der Waals surface area (Å²) in [4.78, 5) is 0. The Morgan fingerprint density at radius 1 is 0.938 bits per heavy atom. The average molecular weight is 226 g/mol. The van der Waals surface area contributed by atoms with Crippen LogP contribution in [0.5, 0.6) is 0 Å². The zero-order valence-corrected chi connectivity index (χ0v) is 10.5. The zero-order valence-electron chi connectivity index (χ0n) is 10.5. The standard InChI is InChI=1S/C14H26O2/c1-2-12-15-13-16-14-10-8-6-4-3-5-7-9-11-14/h2,14H,1,3-13H2. The Labute approximate surface area is 100 Å². The van der Waals surface area contributed by atoms with Gasteiger partial charge < -0.3 is 9.47 Å². The lowest BCUT2D eigenvalue weighted by Gasteiger charge is -2.19. The molecule has 1 fully saturated rings. The summed E-state index contributed by atoms with van der Waals surface area (Å²) in [6, 6.07) is 0. The van der Waals surface area contributed by atoms with Crippen LogP contribution >= 0.6 is 0 Å². The van der Waals surface area contributed by atoms with Crippen molar-refractivity contribution in [2.75, 3.05) is 13.4 Å². The molecule has 2 nitrogen and oxygen atoms in total. The quantitative estimate of drug-likeness (QED) is 0.400. The van der Waals surface area contributed by atoms with Gasteiger partial charge in [0.1, 0.15) is 6.79 Å². The largest absolute Gasteiger partial charge is 0.352 e. The lowest BCUT2D eigenvalue weighted by atomic mass is 9.99. The molecule has 1 saturated carbocycles. The van der Waals surface area contributed by atoms with Crippen molar-refractivity contribution >= 4 is 0 Å². The summed E-state index contributed by atoms with van der Waals surface area (Å²) in [5.41, 5.74) is 0. The fourth-order valence-electron chi connectivity index (χ4n) is 2.21. The fraction of sp³-hybridized carbons (Fsp3) is 0.857. The van der Waals surface area contributed by atoms with Crippen molar-refractivity contribution in [1.82, 2.24) is 0 Å². The first-order valence-corrected chi connectivity index (χ1v) is 6.73. The highest BCUT2D eigenvalue weighted by Crippen LogP contribution is 2.18. The van der Waals surface area contributed by atoms with Gasteiger partial charge in [0, 0.05) is 0 Å². The van der Waals surface area contributed by atoms with Gasteiger partial charge in [-0.1, -0.05) is 51.0 Å². The number of ether oxygens (including phenoxy) is 2. The topological polar surface area (TPSA) is 18.5 Å². The Morgan fingerprint density at radius 3 is 2.06 bits per heavy atom. The van der Waals surface area contributed by atoms with E-state index < -0.39 is 0 Å². The summed E-state index contributed by atoms with van der Waals surface area (Å²) >= 11 is 0. The van der Waals surface area contributed by atoms with Crippen LogP contribution in [-0.2, 0) is 9.47 Å². The highest BCUT2D eigenvalue weighted by molar-refractivity contribution is 4.64. The summed E-state index contributed by atoms with van der Waals surface area (Å²) in [6.07, 6.45) is 14.2. The molecule has 0 aromatic heterocycles. The van der Waals surface area contributed by atoms with Crippen LogP contribution in [0.1, 0.15) is 57.8 Å². The van der Waals surface area contributed by atoms with Gasteiger partial charge in [-0.25, -0.2) is 0 Å². The first-order valence-electron chi connectivity index (χ1n) is 6.73. The van der Waals surface area contributed by atoms with Gasteiger partial charge in [-0.3, -0.25) is 0 Å². The summed E-state index contributed by atoms with van der Waals surface area (Å²) in [5, 5.41) is 0. The maximum Gasteiger partial charge on any atom is 0.147 e. The minimum Gasteiger partial charge on any atom is -0.352 e. The molecule has 0 aliphatic heterocycles. The van der Waals surface area contributed by atoms with Gasteiger partial charge >= 0.3 is 0 Å². The van der Waals surface area contributed by atoms with Gasteiger partial charge in [0.15, 0.2) is 0 Å². The molecule has 16 heavy (non-hydrogen) atoms. The maximum absolute atomic E-state index is 5.75. The predicted octanol–water partition coefficient (Wildman–Crippen LogP) is 4.06. The van der Waals surface area contributed by atoms with E-state index >= 15 is 0 Å². The van der Waals surface area contributed by atoms with E-state index in [0.29, 0.717) is 19.5 Å². The Bertz CT molecular complexity index is 158. The predicted molar refractivity (Wildman–Crippen MR) is 67.4 cm³/mol. The Kier molecular flexibility index (Phi) is 8.45. The molecule has 0 saturated heterocycles. The van der Waals surface area contributed by atoms with E-state index in [0.717, 1.165) is 0 Å². The van der Waals surface area contributed by atoms with Gasteiger partial charge in [-0.15, -0.1) is 6.58 Å². The van der Waals surface area contributed by atoms with Crippen LogP contribution in [0.4, 0.5) is 0 Å². The van der Waals surface area contributed by atoms with Gasteiger partial charge in [0.05, 0.1) is 12.7 Å². The first-order chi connectivity index (χ1) is 7.93. The molecular weight excluding hydrogens is 200 g/mol. The molecule has 0 spiro atoms. The van der Waals surface area contributed by atoms with E-state index in [1.54, 1.807) is 6.08 Å². The van der Waals surface area contributed by atoms with Crippen molar-refractivity contribution in [1.29, 1.82) is 0 Å². The van der Waals surface area contributed by atoms with E-state index in [-0.39, 0.29) is 0 Å². The molecule has 0 heterocycles. The molecule has 0 N–H and O–H groups in total. The van der Waals surface area contributed by atoms with Crippen LogP contribution in [0, 0.1) is 0 Å². The molecule has 0 radical (unpaired) electrons. The van der Waals surface area contributed by atoms with Crippen molar-refractivity contribution in [2.24, 2.45) is 0 Å². The molecule has 0 unspecified atom stereocenters. The summed E-state index contributed by atoms with van der Waals surface area (Å²) in [6.45, 7) is 4.63. The molecule has 1 rings (SSSR count). The van der Waals surface area contributed by atoms with Crippen LogP contribution in [0.3, 0.4) is 0 Å². The molecule has 0 atom stereocenters. The van der Waals surface area contributed by atoms with Gasteiger partial charge in [0.25, 0.3) is 0 Å². The van der Waals surface area contributed by atoms with E-state index in [1.807, 2.05) is 0 Å². The van der Waals surface area contributed by atoms with Crippen molar-refractivity contribution in [3.05, 3.63) is 12.7 Å². The van der Waals surface area contributed by atoms with Crippen molar-refractivity contribution < 1.29 is 9.47 Å². The molecule has 1 aliphatic carbocycles. The molecular formula is C14H26O2. The SMILES string of the molecule is C=CCOCOC1CCCCCCCCC1. The monoisotopic (exact) mass is 226 g/mol. The van der Waals surface area contributed by atoms with Crippen LogP contribution in [0.15, 0.2) is 12.7 Å². The Balaban J connectivity index is 2.12. The Hall–Kier alpha value is -0.340. The van der Waals surface area contributed by atoms with Crippen molar-refractivity contribution in [3.63, 3.8) is 0 Å². The first kappa shape index (κ1) is 13.7. The summed E-state index contributed by atoms with van der Waals surface area (Å²) in [7, 11) is 0. The molecule has 0 bridgehead atoms. The Morgan fingerprint density at radius 2 is 1.50 bits per heavy atom. The van der Waals surface area contributed by atoms with Crippen LogP contribution in [-0.4, -0.2) is 19.5 Å². The number of hydrogen-bond donors (Lipinski definition) is 0. The molecule has 1 aliphatic rings. The van der Waals surface area contributed by atoms with E-state index in [2.05, 4.69) is 6.58 Å². The molecule has 2 heteroatoms. The number of rotatable bonds is 5. The third kappa shape index (κ3) is 7.02. The van der Waals surface area contributed by atoms with Gasteiger partial charge in [-0.2, -0.15) is 0 Å². The maximum atomic E-state index is 5.75. The van der Waals surface area contributed by atoms with E-state index in [9.17, 15) is 0 Å². The molecule has 94 valence electrons. The van der Waals surface area contributed by atoms with Crippen molar-refractivity contribution in [3.8, 4) is 0 Å². The fourth-order valence-corrected chi connectivity index (χ4v) is 2.21. The average Bonchev–Trinajstić information content (AvgIpc) is 2.32. The lowest BCUT2D eigenvalue weighted by molar-refractivity contribution is -0.0876. The smallest absolute Gasteiger partial charge is 0.147 e. The third-order valence-corrected chi connectivity index (χ3v) is 3.17. The highest BCUT2D eigenvalue weighted by atomic mass is 16.7. The lowest BCUT2D eigenvalue weighted by Crippen LogP contribution is -2.16. The van der Waals surface area contributed by atoms with Crippen molar-refractivity contribution in [2.45, 2.75) is 63.9 Å². The second-order valence-electron chi connectivity index (χ2n) is 4.62. The minimum atomic E-state index is 0.419. The van der Waals surface area contributed by atoms with Gasteiger partial charge in [-0.05, 0) is 12.8 Å². The van der Waals surface area contributed by atoms with E-state index in [1.165, 1.54) is 57.8 Å². The minimum absolute atomic E-state index is 0.419. The molecule has 0 aromatic rings. The molecule has 0 amide bonds. The van der Waals surface area contributed by atoms with Crippen LogP contribution < -0.4 is 0 Å². The summed E-state index contributed by atoms with van der Waals surface area (Å²) < 4.78 is 11.0. The van der Waals surface area contributed by atoms with E-state index in [4.69, 9.17) is 9.47 Å². The summed E-state index contributed by atoms with van der Waals surface area (Å²) in [5.74, 6) is 0. The second kappa shape index (κ2) is 9.86. The third-order valence-electron chi connectivity index (χ3n) is 3.17. The van der Waals surface area contributed by atoms with Crippen LogP contribution in [0.25, 0.3) is 0 Å². The molecule has 0 aromatic carbocycles. The number of hydrogen-bond acceptors (Lipinski definition) is 2. The van der Waals surface area contributed by atoms with Gasteiger partial charge in [0.2, 0.25) is 0 Å². The van der Waals surface area contributed by atoms with Crippen LogP contribution in [0.2, 0.25) is 0 Å². The normalized spacial score (nSPS) is 20.5. The highest BCUT2D eigenvalue weighted by Gasteiger charge is 2.10.